The van der Waals surface area contributed by atoms with Crippen molar-refractivity contribution in [3.8, 4) is 5.75 Å². The van der Waals surface area contributed by atoms with E-state index in [1.165, 1.54) is 36.4 Å². The summed E-state index contributed by atoms with van der Waals surface area (Å²) >= 11 is 3.30. The molecule has 27 heavy (non-hydrogen) atoms. The fourth-order valence-corrected chi connectivity index (χ4v) is 2.24. The summed E-state index contributed by atoms with van der Waals surface area (Å²) in [5.41, 5.74) is 0.764. The van der Waals surface area contributed by atoms with Gasteiger partial charge in [-0.2, -0.15) is 0 Å². The van der Waals surface area contributed by atoms with Gasteiger partial charge in [-0.15, -0.1) is 0 Å². The Morgan fingerprint density at radius 2 is 1.56 bits per heavy atom. The molecule has 0 atom stereocenters. The SMILES string of the molecule is CC=CC=CC(=O)OCC(=O)c1ccc(OC(=O)c2ccc(Br)cc2)cc1. The van der Waals surface area contributed by atoms with Crippen molar-refractivity contribution < 1.29 is 23.9 Å². The number of benzene rings is 2. The van der Waals surface area contributed by atoms with Crippen LogP contribution in [0.2, 0.25) is 0 Å². The minimum absolute atomic E-state index is 0.311. The van der Waals surface area contributed by atoms with Crippen molar-refractivity contribution in [2.24, 2.45) is 0 Å². The Labute approximate surface area is 165 Å². The number of rotatable bonds is 7. The molecule has 2 rings (SSSR count). The van der Waals surface area contributed by atoms with Gasteiger partial charge in [0.1, 0.15) is 5.75 Å². The van der Waals surface area contributed by atoms with Crippen LogP contribution in [-0.4, -0.2) is 24.3 Å². The minimum atomic E-state index is -0.596. The third kappa shape index (κ3) is 6.67. The monoisotopic (exact) mass is 428 g/mol. The van der Waals surface area contributed by atoms with Crippen molar-refractivity contribution in [1.82, 2.24) is 0 Å². The van der Waals surface area contributed by atoms with Crippen LogP contribution in [0.25, 0.3) is 0 Å². The second-order valence-corrected chi connectivity index (χ2v) is 6.25. The summed E-state index contributed by atoms with van der Waals surface area (Å²) in [5.74, 6) is -1.13. The molecule has 5 nitrogen and oxygen atoms in total. The fourth-order valence-electron chi connectivity index (χ4n) is 1.97. The molecule has 138 valence electrons. The topological polar surface area (TPSA) is 69.7 Å². The maximum absolute atomic E-state index is 12.1. The van der Waals surface area contributed by atoms with Crippen LogP contribution >= 0.6 is 15.9 Å². The smallest absolute Gasteiger partial charge is 0.343 e. The zero-order chi connectivity index (χ0) is 19.6. The molecule has 0 saturated heterocycles. The van der Waals surface area contributed by atoms with E-state index in [4.69, 9.17) is 9.47 Å². The van der Waals surface area contributed by atoms with Gasteiger partial charge in [-0.1, -0.05) is 34.2 Å². The molecule has 0 aromatic heterocycles. The fraction of sp³-hybridized carbons (Fsp3) is 0.0952. The standard InChI is InChI=1S/C21H17BrO5/c1-2-3-4-5-20(24)26-14-19(23)15-8-12-18(13-9-15)27-21(25)16-6-10-17(22)11-7-16/h2-13H,14H2,1H3. The van der Waals surface area contributed by atoms with Gasteiger partial charge in [-0.05, 0) is 55.5 Å². The third-order valence-electron chi connectivity index (χ3n) is 3.35. The van der Waals surface area contributed by atoms with Crippen molar-refractivity contribution in [3.63, 3.8) is 0 Å². The molecule has 0 saturated carbocycles. The van der Waals surface area contributed by atoms with Gasteiger partial charge in [0, 0.05) is 16.1 Å². The number of halogens is 1. The van der Waals surface area contributed by atoms with Crippen molar-refractivity contribution in [2.45, 2.75) is 6.92 Å². The number of ketones is 1. The van der Waals surface area contributed by atoms with Gasteiger partial charge in [0.25, 0.3) is 0 Å². The van der Waals surface area contributed by atoms with Crippen LogP contribution in [0.15, 0.2) is 77.3 Å². The maximum Gasteiger partial charge on any atom is 0.343 e. The lowest BCUT2D eigenvalue weighted by atomic mass is 10.1. The normalized spacial score (nSPS) is 10.9. The molecular weight excluding hydrogens is 412 g/mol. The maximum atomic E-state index is 12.1. The highest BCUT2D eigenvalue weighted by Crippen LogP contribution is 2.16. The molecule has 0 bridgehead atoms. The van der Waals surface area contributed by atoms with Crippen molar-refractivity contribution in [3.05, 3.63) is 88.4 Å². The van der Waals surface area contributed by atoms with E-state index in [1.807, 2.05) is 6.92 Å². The first-order valence-corrected chi connectivity index (χ1v) is 8.86. The molecule has 6 heteroatoms. The van der Waals surface area contributed by atoms with Crippen LogP contribution in [-0.2, 0) is 9.53 Å². The lowest BCUT2D eigenvalue weighted by molar-refractivity contribution is -0.136. The summed E-state index contributed by atoms with van der Waals surface area (Å²) in [6, 6.07) is 12.8. The van der Waals surface area contributed by atoms with E-state index in [2.05, 4.69) is 15.9 Å². The van der Waals surface area contributed by atoms with E-state index in [0.29, 0.717) is 16.9 Å². The first kappa shape index (κ1) is 20.3. The van der Waals surface area contributed by atoms with Gasteiger partial charge >= 0.3 is 11.9 Å². The highest BCUT2D eigenvalue weighted by atomic mass is 79.9. The predicted octanol–water partition coefficient (Wildman–Crippen LogP) is 4.53. The van der Waals surface area contributed by atoms with Crippen LogP contribution in [0.4, 0.5) is 0 Å². The Kier molecular flexibility index (Phi) is 7.70. The van der Waals surface area contributed by atoms with Crippen LogP contribution in [0, 0.1) is 0 Å². The van der Waals surface area contributed by atoms with Gasteiger partial charge in [-0.3, -0.25) is 4.79 Å². The van der Waals surface area contributed by atoms with Crippen LogP contribution < -0.4 is 4.74 Å². The minimum Gasteiger partial charge on any atom is -0.454 e. The summed E-state index contributed by atoms with van der Waals surface area (Å²) in [6.07, 6.45) is 6.21. The molecule has 0 unspecified atom stereocenters. The van der Waals surface area contributed by atoms with Crippen molar-refractivity contribution in [2.75, 3.05) is 6.61 Å². The summed E-state index contributed by atoms with van der Waals surface area (Å²) in [7, 11) is 0. The van der Waals surface area contributed by atoms with Gasteiger partial charge < -0.3 is 9.47 Å². The average Bonchev–Trinajstić information content (AvgIpc) is 2.67. The molecule has 0 heterocycles. The van der Waals surface area contributed by atoms with E-state index >= 15 is 0 Å². The molecule has 0 aliphatic rings. The number of carbonyl (C=O) groups excluding carboxylic acids is 3. The molecule has 2 aromatic rings. The zero-order valence-electron chi connectivity index (χ0n) is 14.6. The van der Waals surface area contributed by atoms with Gasteiger partial charge in [-0.25, -0.2) is 9.59 Å². The first-order chi connectivity index (χ1) is 13.0. The number of hydrogen-bond donors (Lipinski definition) is 0. The number of Topliss-reactive ketones (excluding diaryl/α,β-unsaturated/α-hetero) is 1. The Bertz CT molecular complexity index is 864. The third-order valence-corrected chi connectivity index (χ3v) is 3.88. The lowest BCUT2D eigenvalue weighted by Gasteiger charge is -2.06. The predicted molar refractivity (Wildman–Crippen MR) is 105 cm³/mol. The molecule has 0 spiro atoms. The number of carbonyl (C=O) groups is 3. The summed E-state index contributed by atoms with van der Waals surface area (Å²) in [5, 5.41) is 0. The number of ether oxygens (including phenoxy) is 2. The van der Waals surface area contributed by atoms with Gasteiger partial charge in [0.2, 0.25) is 0 Å². The van der Waals surface area contributed by atoms with E-state index in [1.54, 1.807) is 36.4 Å². The van der Waals surface area contributed by atoms with Crippen LogP contribution in [0.3, 0.4) is 0 Å². The summed E-state index contributed by atoms with van der Waals surface area (Å²) < 4.78 is 11.0. The molecule has 0 N–H and O–H groups in total. The number of hydrogen-bond acceptors (Lipinski definition) is 5. The highest BCUT2D eigenvalue weighted by molar-refractivity contribution is 9.10. The Balaban J connectivity index is 1.90. The highest BCUT2D eigenvalue weighted by Gasteiger charge is 2.11. The molecule has 0 fully saturated rings. The molecule has 0 aliphatic carbocycles. The zero-order valence-corrected chi connectivity index (χ0v) is 16.1. The van der Waals surface area contributed by atoms with Gasteiger partial charge in [0.05, 0.1) is 5.56 Å². The van der Waals surface area contributed by atoms with E-state index < -0.39 is 11.9 Å². The van der Waals surface area contributed by atoms with E-state index in [9.17, 15) is 14.4 Å². The van der Waals surface area contributed by atoms with Crippen molar-refractivity contribution >= 4 is 33.7 Å². The lowest BCUT2D eigenvalue weighted by Crippen LogP contribution is -2.13. The molecule has 0 aliphatic heterocycles. The van der Waals surface area contributed by atoms with E-state index in [0.717, 1.165) is 4.47 Å². The molecule has 0 radical (unpaired) electrons. The quantitative estimate of drug-likeness (QED) is 0.213. The van der Waals surface area contributed by atoms with E-state index in [-0.39, 0.29) is 12.4 Å². The first-order valence-electron chi connectivity index (χ1n) is 8.06. The molecule has 2 aromatic carbocycles. The van der Waals surface area contributed by atoms with Crippen LogP contribution in [0.1, 0.15) is 27.6 Å². The molecule has 0 amide bonds. The van der Waals surface area contributed by atoms with Crippen LogP contribution in [0.5, 0.6) is 5.75 Å². The Morgan fingerprint density at radius 3 is 2.19 bits per heavy atom. The largest absolute Gasteiger partial charge is 0.454 e. The molecular formula is C21H17BrO5. The Hall–Kier alpha value is -2.99. The number of esters is 2. The second kappa shape index (κ2) is 10.2. The Morgan fingerprint density at radius 1 is 0.926 bits per heavy atom. The average molecular weight is 429 g/mol. The summed E-state index contributed by atoms with van der Waals surface area (Å²) in [4.78, 5) is 35.5. The second-order valence-electron chi connectivity index (χ2n) is 5.34. The number of allylic oxidation sites excluding steroid dienone is 3. The summed E-state index contributed by atoms with van der Waals surface area (Å²) in [6.45, 7) is 1.45. The van der Waals surface area contributed by atoms with Gasteiger partial charge in [0.15, 0.2) is 12.4 Å². The van der Waals surface area contributed by atoms with Crippen molar-refractivity contribution in [1.29, 1.82) is 0 Å².